The van der Waals surface area contributed by atoms with E-state index in [9.17, 15) is 9.59 Å². The van der Waals surface area contributed by atoms with E-state index >= 15 is 0 Å². The molecule has 0 aromatic heterocycles. The smallest absolute Gasteiger partial charge is 0.317 e. The third-order valence-corrected chi connectivity index (χ3v) is 1.22. The maximum atomic E-state index is 10.7. The largest absolute Gasteiger partial charge is 0.481 e. The van der Waals surface area contributed by atoms with Crippen molar-refractivity contribution in [3.63, 3.8) is 0 Å². The van der Waals surface area contributed by atoms with Crippen LogP contribution >= 0.6 is 0 Å². The summed E-state index contributed by atoms with van der Waals surface area (Å²) in [7, 11) is 0. The van der Waals surface area contributed by atoms with Crippen molar-refractivity contribution in [2.45, 2.75) is 59.5 Å². The van der Waals surface area contributed by atoms with Gasteiger partial charge < -0.3 is 9.84 Å². The Balaban J connectivity index is 0. The van der Waals surface area contributed by atoms with Gasteiger partial charge in [-0.1, -0.05) is 26.7 Å². The number of carboxylic acid groups (broad SMARTS) is 1. The molecule has 0 spiro atoms. The van der Waals surface area contributed by atoms with E-state index in [1.165, 1.54) is 12.8 Å². The highest BCUT2D eigenvalue weighted by atomic mass is 16.6. The number of esters is 1. The Morgan fingerprint density at radius 1 is 1.13 bits per heavy atom. The number of rotatable bonds is 3. The molecule has 0 saturated heterocycles. The van der Waals surface area contributed by atoms with Crippen molar-refractivity contribution in [1.82, 2.24) is 0 Å². The molecule has 0 unspecified atom stereocenters. The van der Waals surface area contributed by atoms with Crippen LogP contribution in [0.1, 0.15) is 53.9 Å². The van der Waals surface area contributed by atoms with E-state index < -0.39 is 24.0 Å². The van der Waals surface area contributed by atoms with E-state index in [1.807, 2.05) is 0 Å². The van der Waals surface area contributed by atoms with Gasteiger partial charge in [-0.15, -0.1) is 0 Å². The summed E-state index contributed by atoms with van der Waals surface area (Å²) in [5.41, 5.74) is -0.605. The standard InChI is InChI=1S/C7H12O4.C4H10/c1-7(2,3)11-6(10)4-5(8)9;1-3-4-2/h4H2,1-3H3,(H,8,9);3-4H2,1-2H3. The topological polar surface area (TPSA) is 63.6 Å². The molecule has 90 valence electrons. The lowest BCUT2D eigenvalue weighted by Crippen LogP contribution is -2.25. The fourth-order valence-electron chi connectivity index (χ4n) is 0.501. The van der Waals surface area contributed by atoms with Gasteiger partial charge in [0.25, 0.3) is 0 Å². The van der Waals surface area contributed by atoms with Crippen LogP contribution in [0.15, 0.2) is 0 Å². The number of aliphatic carboxylic acids is 1. The average molecular weight is 218 g/mol. The molecule has 0 saturated carbocycles. The second-order valence-corrected chi connectivity index (χ2v) is 4.16. The second-order valence-electron chi connectivity index (χ2n) is 4.16. The summed E-state index contributed by atoms with van der Waals surface area (Å²) in [4.78, 5) is 20.7. The molecule has 0 aliphatic rings. The molecule has 0 aromatic rings. The predicted octanol–water partition coefficient (Wildman–Crippen LogP) is 2.61. The Labute approximate surface area is 91.6 Å². The minimum atomic E-state index is -1.17. The molecule has 0 fully saturated rings. The molecule has 0 heterocycles. The lowest BCUT2D eigenvalue weighted by molar-refractivity contribution is -0.159. The van der Waals surface area contributed by atoms with E-state index in [1.54, 1.807) is 20.8 Å². The number of hydrogen-bond acceptors (Lipinski definition) is 3. The van der Waals surface area contributed by atoms with Crippen LogP contribution in [0.2, 0.25) is 0 Å². The van der Waals surface area contributed by atoms with Crippen LogP contribution in [0.4, 0.5) is 0 Å². The fraction of sp³-hybridized carbons (Fsp3) is 0.818. The second kappa shape index (κ2) is 8.26. The molecule has 0 bridgehead atoms. The molecule has 4 heteroatoms. The summed E-state index contributed by atoms with van der Waals surface area (Å²) in [6, 6.07) is 0. The fourth-order valence-corrected chi connectivity index (χ4v) is 0.501. The number of hydrogen-bond donors (Lipinski definition) is 1. The minimum absolute atomic E-state index is 0.572. The SMILES string of the molecule is CC(C)(C)OC(=O)CC(=O)O.CCCC. The number of unbranched alkanes of at least 4 members (excludes halogenated alkanes) is 1. The van der Waals surface area contributed by atoms with E-state index in [0.717, 1.165) is 0 Å². The summed E-state index contributed by atoms with van der Waals surface area (Å²) in [6.07, 6.45) is 2.07. The van der Waals surface area contributed by atoms with Crippen molar-refractivity contribution in [3.8, 4) is 0 Å². The molecule has 15 heavy (non-hydrogen) atoms. The first-order chi connectivity index (χ1) is 6.72. The first kappa shape index (κ1) is 16.4. The van der Waals surface area contributed by atoms with E-state index in [0.29, 0.717) is 0 Å². The summed E-state index contributed by atoms with van der Waals surface area (Å²) in [5.74, 6) is -1.87. The van der Waals surface area contributed by atoms with Crippen molar-refractivity contribution in [3.05, 3.63) is 0 Å². The highest BCUT2D eigenvalue weighted by molar-refractivity contribution is 5.90. The van der Waals surface area contributed by atoms with Crippen molar-refractivity contribution < 1.29 is 19.4 Å². The number of carboxylic acids is 1. The first-order valence-electron chi connectivity index (χ1n) is 5.16. The molecule has 0 aromatic carbocycles. The van der Waals surface area contributed by atoms with Crippen LogP contribution in [-0.4, -0.2) is 22.6 Å². The highest BCUT2D eigenvalue weighted by Gasteiger charge is 2.17. The molecule has 0 atom stereocenters. The molecule has 0 aliphatic carbocycles. The van der Waals surface area contributed by atoms with Crippen LogP contribution in [0, 0.1) is 0 Å². The van der Waals surface area contributed by atoms with Crippen LogP contribution in [-0.2, 0) is 14.3 Å². The van der Waals surface area contributed by atoms with Crippen LogP contribution in [0.3, 0.4) is 0 Å². The van der Waals surface area contributed by atoms with Crippen molar-refractivity contribution in [2.24, 2.45) is 0 Å². The molecule has 0 amide bonds. The molecule has 0 radical (unpaired) electrons. The first-order valence-corrected chi connectivity index (χ1v) is 5.16. The molecule has 0 aliphatic heterocycles. The highest BCUT2D eigenvalue weighted by Crippen LogP contribution is 2.07. The van der Waals surface area contributed by atoms with Gasteiger partial charge in [-0.2, -0.15) is 0 Å². The maximum Gasteiger partial charge on any atom is 0.317 e. The third-order valence-electron chi connectivity index (χ3n) is 1.22. The Morgan fingerprint density at radius 3 is 1.73 bits per heavy atom. The summed E-state index contributed by atoms with van der Waals surface area (Å²) < 4.78 is 4.73. The third kappa shape index (κ3) is 19.4. The number of carbonyl (C=O) groups excluding carboxylic acids is 1. The van der Waals surface area contributed by atoms with Crippen LogP contribution < -0.4 is 0 Å². The lowest BCUT2D eigenvalue weighted by Gasteiger charge is -2.18. The Hall–Kier alpha value is -1.06. The van der Waals surface area contributed by atoms with Gasteiger partial charge in [0.05, 0.1) is 0 Å². The van der Waals surface area contributed by atoms with Gasteiger partial charge in [0, 0.05) is 0 Å². The van der Waals surface area contributed by atoms with Gasteiger partial charge in [-0.05, 0) is 20.8 Å². The minimum Gasteiger partial charge on any atom is -0.481 e. The Kier molecular flexibility index (Phi) is 9.02. The normalized spacial score (nSPS) is 9.93. The van der Waals surface area contributed by atoms with Gasteiger partial charge in [0.2, 0.25) is 0 Å². The summed E-state index contributed by atoms with van der Waals surface area (Å²) in [6.45, 7) is 9.42. The van der Waals surface area contributed by atoms with Crippen molar-refractivity contribution in [1.29, 1.82) is 0 Å². The zero-order chi connectivity index (χ0) is 12.5. The molecular weight excluding hydrogens is 196 g/mol. The van der Waals surface area contributed by atoms with Crippen molar-refractivity contribution >= 4 is 11.9 Å². The summed E-state index contributed by atoms with van der Waals surface area (Å²) in [5, 5.41) is 8.18. The molecule has 4 nitrogen and oxygen atoms in total. The maximum absolute atomic E-state index is 10.7. The van der Waals surface area contributed by atoms with Gasteiger partial charge in [0.15, 0.2) is 0 Å². The summed E-state index contributed by atoms with van der Waals surface area (Å²) >= 11 is 0. The van der Waals surface area contributed by atoms with Crippen LogP contribution in [0.5, 0.6) is 0 Å². The number of carbonyl (C=O) groups is 2. The van der Waals surface area contributed by atoms with Crippen LogP contribution in [0.25, 0.3) is 0 Å². The van der Waals surface area contributed by atoms with E-state index in [4.69, 9.17) is 9.84 Å². The van der Waals surface area contributed by atoms with E-state index in [-0.39, 0.29) is 0 Å². The van der Waals surface area contributed by atoms with E-state index in [2.05, 4.69) is 13.8 Å². The zero-order valence-corrected chi connectivity index (χ0v) is 10.3. The monoisotopic (exact) mass is 218 g/mol. The van der Waals surface area contributed by atoms with Gasteiger partial charge in [0.1, 0.15) is 12.0 Å². The van der Waals surface area contributed by atoms with Gasteiger partial charge in [-0.3, -0.25) is 9.59 Å². The number of ether oxygens (including phenoxy) is 1. The zero-order valence-electron chi connectivity index (χ0n) is 10.3. The molecule has 0 rings (SSSR count). The van der Waals surface area contributed by atoms with Gasteiger partial charge >= 0.3 is 11.9 Å². The predicted molar refractivity (Wildman–Crippen MR) is 58.7 cm³/mol. The van der Waals surface area contributed by atoms with Crippen molar-refractivity contribution in [2.75, 3.05) is 0 Å². The average Bonchev–Trinajstić information content (AvgIpc) is 1.99. The molecular formula is C11H22O4. The lowest BCUT2D eigenvalue weighted by atomic mass is 10.2. The molecule has 1 N–H and O–H groups in total. The Bertz CT molecular complexity index is 189. The quantitative estimate of drug-likeness (QED) is 0.584. The van der Waals surface area contributed by atoms with Gasteiger partial charge in [-0.25, -0.2) is 0 Å². The Morgan fingerprint density at radius 2 is 1.53 bits per heavy atom.